The lowest BCUT2D eigenvalue weighted by Gasteiger charge is -2.38. The number of amides is 3. The van der Waals surface area contributed by atoms with Crippen LogP contribution in [0.2, 0.25) is 0 Å². The van der Waals surface area contributed by atoms with Crippen molar-refractivity contribution >= 4 is 23.3 Å². The summed E-state index contributed by atoms with van der Waals surface area (Å²) in [6.07, 6.45) is -4.79. The molecule has 0 bridgehead atoms. The van der Waals surface area contributed by atoms with Gasteiger partial charge in [-0.1, -0.05) is 61.5 Å². The van der Waals surface area contributed by atoms with E-state index in [2.05, 4.69) is 51.9 Å². The third kappa shape index (κ3) is 8.53. The number of alkyl halides is 3. The molecule has 48 heavy (non-hydrogen) atoms. The van der Waals surface area contributed by atoms with Crippen molar-refractivity contribution in [1.29, 1.82) is 0 Å². The van der Waals surface area contributed by atoms with Crippen LogP contribution in [0.1, 0.15) is 35.3 Å². The van der Waals surface area contributed by atoms with Gasteiger partial charge in [-0.25, -0.2) is 4.79 Å². The van der Waals surface area contributed by atoms with E-state index < -0.39 is 23.8 Å². The number of fused-ring (bicyclic) bond motifs is 1. The zero-order chi connectivity index (χ0) is 34.4. The van der Waals surface area contributed by atoms with Gasteiger partial charge in [0, 0.05) is 36.9 Å². The highest BCUT2D eigenvalue weighted by Crippen LogP contribution is 2.32. The molecule has 3 atom stereocenters. The number of carbonyl (C=O) groups is 2. The molecule has 0 spiro atoms. The van der Waals surface area contributed by atoms with Crippen molar-refractivity contribution in [3.8, 4) is 16.9 Å². The molecule has 11 heteroatoms. The van der Waals surface area contributed by atoms with Crippen molar-refractivity contribution in [2.75, 3.05) is 37.4 Å². The topological polar surface area (TPSA) is 94.1 Å². The molecule has 0 fully saturated rings. The standard InChI is InChI=1S/C37H39F3N4O4/c1-24-20-44(25(2)23-45)35(46)32-19-31(42-36(47)41-30-15-13-29(14-16-30)37(38,39)40)17-18-33(32)48-34(24)22-43(3)21-26-9-11-28(12-10-26)27-7-5-4-6-8-27/h4-19,24-25,34,45H,20-23H2,1-3H3,(H2,41,42,47)/t24-,25+,34-/m0/s1. The highest BCUT2D eigenvalue weighted by Gasteiger charge is 2.34. The number of ether oxygens (including phenoxy) is 1. The molecule has 0 saturated heterocycles. The molecular weight excluding hydrogens is 621 g/mol. The number of rotatable bonds is 9. The first kappa shape index (κ1) is 34.5. The minimum Gasteiger partial charge on any atom is -0.488 e. The Morgan fingerprint density at radius 1 is 0.958 bits per heavy atom. The fourth-order valence-electron chi connectivity index (χ4n) is 5.67. The summed E-state index contributed by atoms with van der Waals surface area (Å²) >= 11 is 0. The SMILES string of the molecule is C[C@H](CO)N1C[C@H](C)[C@H](CN(C)Cc2ccc(-c3ccccc3)cc2)Oc2ccc(NC(=O)Nc3ccc(C(F)(F)F)cc3)cc2C1=O. The summed E-state index contributed by atoms with van der Waals surface area (Å²) in [5.74, 6) is -0.0807. The molecule has 0 radical (unpaired) electrons. The van der Waals surface area contributed by atoms with E-state index in [1.807, 2.05) is 32.2 Å². The van der Waals surface area contributed by atoms with Crippen LogP contribution in [0.3, 0.4) is 0 Å². The Balaban J connectivity index is 1.30. The second-order valence-electron chi connectivity index (χ2n) is 12.2. The van der Waals surface area contributed by atoms with E-state index in [1.54, 1.807) is 24.0 Å². The van der Waals surface area contributed by atoms with Crippen molar-refractivity contribution in [3.05, 3.63) is 114 Å². The van der Waals surface area contributed by atoms with Gasteiger partial charge in [-0.2, -0.15) is 13.2 Å². The lowest BCUT2D eigenvalue weighted by molar-refractivity contribution is -0.137. The predicted molar refractivity (Wildman–Crippen MR) is 180 cm³/mol. The molecule has 4 aromatic carbocycles. The highest BCUT2D eigenvalue weighted by atomic mass is 19.4. The van der Waals surface area contributed by atoms with E-state index in [0.717, 1.165) is 41.0 Å². The summed E-state index contributed by atoms with van der Waals surface area (Å²) in [5, 5.41) is 15.1. The number of carbonyl (C=O) groups excluding carboxylic acids is 2. The summed E-state index contributed by atoms with van der Waals surface area (Å²) in [6.45, 7) is 5.14. The fourth-order valence-corrected chi connectivity index (χ4v) is 5.67. The number of benzene rings is 4. The van der Waals surface area contributed by atoms with E-state index in [4.69, 9.17) is 4.74 Å². The Morgan fingerprint density at radius 3 is 2.23 bits per heavy atom. The van der Waals surface area contributed by atoms with Gasteiger partial charge in [0.1, 0.15) is 11.9 Å². The van der Waals surface area contributed by atoms with Crippen LogP contribution in [-0.4, -0.2) is 65.7 Å². The van der Waals surface area contributed by atoms with Crippen LogP contribution in [0.5, 0.6) is 5.75 Å². The molecule has 3 amide bonds. The Labute approximate surface area is 278 Å². The maximum atomic E-state index is 13.8. The monoisotopic (exact) mass is 660 g/mol. The van der Waals surface area contributed by atoms with Crippen molar-refractivity contribution in [2.24, 2.45) is 5.92 Å². The first-order valence-electron chi connectivity index (χ1n) is 15.7. The maximum absolute atomic E-state index is 13.8. The fraction of sp³-hybridized carbons (Fsp3) is 0.297. The molecule has 8 nitrogen and oxygen atoms in total. The molecular formula is C37H39F3N4O4. The Bertz CT molecular complexity index is 1700. The van der Waals surface area contributed by atoms with Gasteiger partial charge in [0.05, 0.1) is 23.8 Å². The third-order valence-corrected chi connectivity index (χ3v) is 8.40. The third-order valence-electron chi connectivity index (χ3n) is 8.40. The van der Waals surface area contributed by atoms with E-state index in [-0.39, 0.29) is 41.5 Å². The van der Waals surface area contributed by atoms with E-state index in [9.17, 15) is 27.9 Å². The largest absolute Gasteiger partial charge is 0.488 e. The molecule has 4 aromatic rings. The first-order chi connectivity index (χ1) is 22.9. The van der Waals surface area contributed by atoms with E-state index in [1.165, 1.54) is 6.07 Å². The maximum Gasteiger partial charge on any atom is 0.416 e. The van der Waals surface area contributed by atoms with Gasteiger partial charge in [0.25, 0.3) is 5.91 Å². The molecule has 3 N–H and O–H groups in total. The molecule has 0 unspecified atom stereocenters. The molecule has 0 saturated carbocycles. The van der Waals surface area contributed by atoms with Crippen molar-refractivity contribution in [1.82, 2.24) is 9.80 Å². The minimum atomic E-state index is -4.49. The molecule has 1 aliphatic heterocycles. The summed E-state index contributed by atoms with van der Waals surface area (Å²) < 4.78 is 45.2. The summed E-state index contributed by atoms with van der Waals surface area (Å²) in [5.41, 5.74) is 3.29. The average molecular weight is 661 g/mol. The van der Waals surface area contributed by atoms with Gasteiger partial charge >= 0.3 is 12.2 Å². The number of nitrogens with one attached hydrogen (secondary N) is 2. The lowest BCUT2D eigenvalue weighted by Crippen LogP contribution is -2.49. The number of nitrogens with zero attached hydrogens (tertiary/aromatic N) is 2. The van der Waals surface area contributed by atoms with Crippen LogP contribution in [-0.2, 0) is 12.7 Å². The van der Waals surface area contributed by atoms with Gasteiger partial charge in [-0.05, 0) is 73.1 Å². The van der Waals surface area contributed by atoms with Gasteiger partial charge in [0.2, 0.25) is 0 Å². The molecule has 1 heterocycles. The van der Waals surface area contributed by atoms with E-state index >= 15 is 0 Å². The average Bonchev–Trinajstić information content (AvgIpc) is 3.06. The smallest absolute Gasteiger partial charge is 0.416 e. The van der Waals surface area contributed by atoms with Crippen LogP contribution in [0, 0.1) is 5.92 Å². The Hall–Kier alpha value is -4.87. The van der Waals surface area contributed by atoms with Crippen LogP contribution in [0.25, 0.3) is 11.1 Å². The summed E-state index contributed by atoms with van der Waals surface area (Å²) in [4.78, 5) is 30.3. The van der Waals surface area contributed by atoms with E-state index in [0.29, 0.717) is 25.4 Å². The quantitative estimate of drug-likeness (QED) is 0.174. The number of hydrogen-bond donors (Lipinski definition) is 3. The van der Waals surface area contributed by atoms with Crippen LogP contribution >= 0.6 is 0 Å². The first-order valence-corrected chi connectivity index (χ1v) is 15.7. The zero-order valence-electron chi connectivity index (χ0n) is 27.0. The summed E-state index contributed by atoms with van der Waals surface area (Å²) in [6, 6.07) is 26.3. The number of anilines is 2. The van der Waals surface area contributed by atoms with Crippen molar-refractivity contribution in [2.45, 2.75) is 38.7 Å². The predicted octanol–water partition coefficient (Wildman–Crippen LogP) is 7.37. The molecule has 0 aliphatic carbocycles. The number of urea groups is 1. The molecule has 5 rings (SSSR count). The number of aliphatic hydroxyl groups is 1. The second-order valence-corrected chi connectivity index (χ2v) is 12.2. The minimum absolute atomic E-state index is 0.0775. The van der Waals surface area contributed by atoms with Crippen molar-refractivity contribution in [3.63, 3.8) is 0 Å². The lowest BCUT2D eigenvalue weighted by atomic mass is 9.99. The number of aliphatic hydroxyl groups excluding tert-OH is 1. The Morgan fingerprint density at radius 2 is 1.58 bits per heavy atom. The van der Waals surface area contributed by atoms with Gasteiger partial charge in [0.15, 0.2) is 0 Å². The molecule has 252 valence electrons. The van der Waals surface area contributed by atoms with Crippen LogP contribution < -0.4 is 15.4 Å². The number of halogens is 3. The normalized spacial score (nSPS) is 17.2. The second kappa shape index (κ2) is 14.9. The van der Waals surface area contributed by atoms with Gasteiger partial charge < -0.3 is 25.4 Å². The molecule has 0 aromatic heterocycles. The Kier molecular flexibility index (Phi) is 10.7. The van der Waals surface area contributed by atoms with Gasteiger partial charge in [-0.3, -0.25) is 9.69 Å². The zero-order valence-corrected chi connectivity index (χ0v) is 27.0. The van der Waals surface area contributed by atoms with Gasteiger partial charge in [-0.15, -0.1) is 0 Å². The highest BCUT2D eigenvalue weighted by molar-refractivity contribution is 6.02. The number of hydrogen-bond acceptors (Lipinski definition) is 5. The summed E-state index contributed by atoms with van der Waals surface area (Å²) in [7, 11) is 2.02. The van der Waals surface area contributed by atoms with Crippen LogP contribution in [0.4, 0.5) is 29.3 Å². The molecule has 1 aliphatic rings. The van der Waals surface area contributed by atoms with Crippen LogP contribution in [0.15, 0.2) is 97.1 Å². The number of likely N-dealkylation sites (N-methyl/N-ethyl adjacent to an activating group) is 1. The van der Waals surface area contributed by atoms with Crippen molar-refractivity contribution < 1.29 is 32.6 Å².